The number of aromatic nitrogens is 2. The van der Waals surface area contributed by atoms with E-state index in [9.17, 15) is 0 Å². The van der Waals surface area contributed by atoms with Crippen LogP contribution in [0.5, 0.6) is 0 Å². The third-order valence-electron chi connectivity index (χ3n) is 8.69. The molecule has 5 heteroatoms. The first kappa shape index (κ1) is 24.3. The zero-order valence-corrected chi connectivity index (χ0v) is 23.8. The van der Waals surface area contributed by atoms with Crippen LogP contribution in [-0.2, 0) is 0 Å². The third-order valence-corrected chi connectivity index (χ3v) is 8.69. The van der Waals surface area contributed by atoms with Crippen molar-refractivity contribution in [3.05, 3.63) is 133 Å². The Bertz CT molecular complexity index is 2700. The highest BCUT2D eigenvalue weighted by Gasteiger charge is 2.25. The Labute approximate surface area is 256 Å². The van der Waals surface area contributed by atoms with Gasteiger partial charge in [-0.15, -0.1) is 0 Å². The van der Waals surface area contributed by atoms with Gasteiger partial charge in [-0.3, -0.25) is 0 Å². The van der Waals surface area contributed by atoms with Crippen molar-refractivity contribution in [3.63, 3.8) is 0 Å². The maximum Gasteiger partial charge on any atom is 0.161 e. The summed E-state index contributed by atoms with van der Waals surface area (Å²) in [4.78, 5) is 10.3. The fourth-order valence-corrected chi connectivity index (χ4v) is 6.70. The maximum absolute atomic E-state index is 6.72. The van der Waals surface area contributed by atoms with Gasteiger partial charge in [-0.05, 0) is 36.4 Å². The number of nitrogens with zero attached hydrogens (tertiary/aromatic N) is 2. The average Bonchev–Trinajstić information content (AvgIpc) is 3.79. The average molecular weight is 579 g/mol. The minimum Gasteiger partial charge on any atom is -0.456 e. The predicted octanol–water partition coefficient (Wildman–Crippen LogP) is 11.2. The lowest BCUT2D eigenvalue weighted by molar-refractivity contribution is 0.660. The monoisotopic (exact) mass is 578 g/mol. The summed E-state index contributed by atoms with van der Waals surface area (Å²) in [6, 6.07) is 44.8. The van der Waals surface area contributed by atoms with Gasteiger partial charge in [-0.25, -0.2) is 9.97 Å². The van der Waals surface area contributed by atoms with Gasteiger partial charge in [0.05, 0.1) is 16.8 Å². The molecule has 6 aromatic carbocycles. The third kappa shape index (κ3) is 3.55. The Kier molecular flexibility index (Phi) is 4.93. The first-order chi connectivity index (χ1) is 22.3. The molecule has 0 saturated heterocycles. The molecule has 4 aromatic heterocycles. The molecule has 0 saturated carbocycles. The normalized spacial score (nSPS) is 12.0. The SMILES string of the molecule is c1ccc(-c2cc(-c3ccccc3)nc(-c3cc4oc5ccc6oc7ccccc7c6c5c4c4oc5ccccc5c34)n2)cc1. The minimum atomic E-state index is 0.605. The van der Waals surface area contributed by atoms with Gasteiger partial charge in [0.25, 0.3) is 0 Å². The van der Waals surface area contributed by atoms with E-state index in [2.05, 4.69) is 48.5 Å². The Balaban J connectivity index is 1.36. The Morgan fingerprint density at radius 3 is 1.58 bits per heavy atom. The van der Waals surface area contributed by atoms with Gasteiger partial charge in [-0.2, -0.15) is 0 Å². The Morgan fingerprint density at radius 2 is 0.911 bits per heavy atom. The van der Waals surface area contributed by atoms with E-state index in [-0.39, 0.29) is 0 Å². The Hall–Kier alpha value is -6.20. The molecule has 0 aliphatic carbocycles. The molecule has 0 amide bonds. The van der Waals surface area contributed by atoms with Crippen LogP contribution in [0.3, 0.4) is 0 Å². The number of hydrogen-bond donors (Lipinski definition) is 0. The van der Waals surface area contributed by atoms with Crippen LogP contribution in [-0.4, -0.2) is 9.97 Å². The lowest BCUT2D eigenvalue weighted by Crippen LogP contribution is -1.96. The molecular weight excluding hydrogens is 556 g/mol. The van der Waals surface area contributed by atoms with Crippen molar-refractivity contribution in [1.82, 2.24) is 9.97 Å². The summed E-state index contributed by atoms with van der Waals surface area (Å²) in [5.74, 6) is 0.605. The van der Waals surface area contributed by atoms with Gasteiger partial charge in [0.1, 0.15) is 33.5 Å². The van der Waals surface area contributed by atoms with Crippen LogP contribution in [0.4, 0.5) is 0 Å². The van der Waals surface area contributed by atoms with E-state index in [1.807, 2.05) is 84.9 Å². The van der Waals surface area contributed by atoms with Gasteiger partial charge in [0.15, 0.2) is 5.82 Å². The molecule has 0 aliphatic heterocycles. The van der Waals surface area contributed by atoms with Gasteiger partial charge >= 0.3 is 0 Å². The number of rotatable bonds is 3. The zero-order chi connectivity index (χ0) is 29.5. The highest BCUT2D eigenvalue weighted by atomic mass is 16.3. The minimum absolute atomic E-state index is 0.605. The summed E-state index contributed by atoms with van der Waals surface area (Å²) in [5, 5.41) is 5.91. The summed E-state index contributed by atoms with van der Waals surface area (Å²) in [6.45, 7) is 0. The van der Waals surface area contributed by atoms with Crippen molar-refractivity contribution in [3.8, 4) is 33.9 Å². The molecule has 0 radical (unpaired) electrons. The van der Waals surface area contributed by atoms with E-state index >= 15 is 0 Å². The molecule has 0 bridgehead atoms. The van der Waals surface area contributed by atoms with Gasteiger partial charge in [-0.1, -0.05) is 97.1 Å². The number of benzene rings is 6. The fourth-order valence-electron chi connectivity index (χ4n) is 6.70. The smallest absolute Gasteiger partial charge is 0.161 e. The lowest BCUT2D eigenvalue weighted by Gasteiger charge is -2.10. The molecule has 210 valence electrons. The van der Waals surface area contributed by atoms with E-state index in [0.717, 1.165) is 88.3 Å². The zero-order valence-electron chi connectivity index (χ0n) is 23.8. The van der Waals surface area contributed by atoms with Gasteiger partial charge in [0, 0.05) is 43.6 Å². The van der Waals surface area contributed by atoms with Gasteiger partial charge < -0.3 is 13.3 Å². The summed E-state index contributed by atoms with van der Waals surface area (Å²) in [5.41, 5.74) is 9.25. The van der Waals surface area contributed by atoms with E-state index in [0.29, 0.717) is 11.4 Å². The molecule has 0 spiro atoms. The van der Waals surface area contributed by atoms with Crippen LogP contribution in [0, 0.1) is 0 Å². The maximum atomic E-state index is 6.72. The summed E-state index contributed by atoms with van der Waals surface area (Å²) >= 11 is 0. The highest BCUT2D eigenvalue weighted by molar-refractivity contribution is 6.33. The largest absolute Gasteiger partial charge is 0.456 e. The molecule has 10 rings (SSSR count). The van der Waals surface area contributed by atoms with Crippen LogP contribution >= 0.6 is 0 Å². The van der Waals surface area contributed by atoms with E-state index in [1.54, 1.807) is 0 Å². The highest BCUT2D eigenvalue weighted by Crippen LogP contribution is 2.47. The van der Waals surface area contributed by atoms with Crippen LogP contribution in [0.25, 0.3) is 99.7 Å². The molecule has 5 nitrogen and oxygen atoms in total. The fraction of sp³-hybridized carbons (Fsp3) is 0. The van der Waals surface area contributed by atoms with Crippen molar-refractivity contribution in [2.75, 3.05) is 0 Å². The van der Waals surface area contributed by atoms with Gasteiger partial charge in [0.2, 0.25) is 0 Å². The van der Waals surface area contributed by atoms with Crippen molar-refractivity contribution in [2.24, 2.45) is 0 Å². The van der Waals surface area contributed by atoms with Crippen molar-refractivity contribution < 1.29 is 13.3 Å². The number of hydrogen-bond acceptors (Lipinski definition) is 5. The van der Waals surface area contributed by atoms with Crippen LogP contribution in [0.1, 0.15) is 0 Å². The van der Waals surface area contributed by atoms with Crippen LogP contribution in [0.15, 0.2) is 147 Å². The molecule has 0 aliphatic rings. The van der Waals surface area contributed by atoms with E-state index in [4.69, 9.17) is 23.2 Å². The Morgan fingerprint density at radius 1 is 0.378 bits per heavy atom. The molecular formula is C40H22N2O3. The molecule has 10 aromatic rings. The molecule has 0 fully saturated rings. The topological polar surface area (TPSA) is 65.2 Å². The second kappa shape index (κ2) is 9.15. The van der Waals surface area contributed by atoms with E-state index in [1.165, 1.54) is 0 Å². The van der Waals surface area contributed by atoms with Crippen LogP contribution < -0.4 is 0 Å². The van der Waals surface area contributed by atoms with Crippen molar-refractivity contribution >= 4 is 65.8 Å². The predicted molar refractivity (Wildman–Crippen MR) is 180 cm³/mol. The number of para-hydroxylation sites is 2. The summed E-state index contributed by atoms with van der Waals surface area (Å²) in [6.07, 6.45) is 0. The second-order valence-electron chi connectivity index (χ2n) is 11.3. The molecule has 0 atom stereocenters. The first-order valence-corrected chi connectivity index (χ1v) is 14.9. The van der Waals surface area contributed by atoms with E-state index < -0.39 is 0 Å². The van der Waals surface area contributed by atoms with Crippen molar-refractivity contribution in [1.29, 1.82) is 0 Å². The molecule has 0 unspecified atom stereocenters. The molecule has 0 N–H and O–H groups in total. The standard InChI is InChI=1S/C40H22N2O3/c1-3-11-23(12-4-1)28-22-29(24-13-5-2-6-14-24)42-40(41-28)27-21-34-38(39-35(27)25-15-7-10-18-31(25)45-39)37-33(44-34)20-19-32-36(37)26-16-8-9-17-30(26)43-32/h1-22H. The first-order valence-electron chi connectivity index (χ1n) is 14.9. The summed E-state index contributed by atoms with van der Waals surface area (Å²) < 4.78 is 19.6. The molecule has 45 heavy (non-hydrogen) atoms. The van der Waals surface area contributed by atoms with Crippen molar-refractivity contribution in [2.45, 2.75) is 0 Å². The number of furan rings is 3. The lowest BCUT2D eigenvalue weighted by atomic mass is 9.99. The summed E-state index contributed by atoms with van der Waals surface area (Å²) in [7, 11) is 0. The quantitative estimate of drug-likeness (QED) is 0.209. The van der Waals surface area contributed by atoms with Crippen LogP contribution in [0.2, 0.25) is 0 Å². The molecule has 4 heterocycles. The number of fused-ring (bicyclic) bond motifs is 11. The second-order valence-corrected chi connectivity index (χ2v) is 11.3.